The minimum absolute atomic E-state index is 0.154. The van der Waals surface area contributed by atoms with E-state index in [0.29, 0.717) is 0 Å². The van der Waals surface area contributed by atoms with E-state index < -0.39 is 15.8 Å². The van der Waals surface area contributed by atoms with Crippen molar-refractivity contribution in [2.45, 2.75) is 4.90 Å². The fourth-order valence-corrected chi connectivity index (χ4v) is 2.89. The van der Waals surface area contributed by atoms with Crippen molar-refractivity contribution in [3.63, 3.8) is 0 Å². The Kier molecular flexibility index (Phi) is 3.54. The number of benzene rings is 1. The van der Waals surface area contributed by atoms with Gasteiger partial charge in [-0.05, 0) is 12.1 Å². The Labute approximate surface area is 113 Å². The van der Waals surface area contributed by atoms with Crippen molar-refractivity contribution >= 4 is 33.0 Å². The lowest BCUT2D eigenvalue weighted by Gasteiger charge is -2.09. The van der Waals surface area contributed by atoms with Crippen molar-refractivity contribution in [1.29, 1.82) is 0 Å². The standard InChI is InChI=1S/C10H8ClFN4O2S/c11-7-1-8(12)9(13)2-10(7)19(17,18)16-6-3-14-5-15-4-6/h1-5,16H,13H2. The van der Waals surface area contributed by atoms with Crippen LogP contribution in [0.25, 0.3) is 0 Å². The normalized spacial score (nSPS) is 11.3. The highest BCUT2D eigenvalue weighted by atomic mass is 35.5. The molecule has 6 nitrogen and oxygen atoms in total. The van der Waals surface area contributed by atoms with E-state index in [0.717, 1.165) is 12.1 Å². The van der Waals surface area contributed by atoms with Gasteiger partial charge in [0.05, 0.1) is 28.8 Å². The minimum atomic E-state index is -3.99. The summed E-state index contributed by atoms with van der Waals surface area (Å²) in [5, 5.41) is -0.268. The molecule has 0 amide bonds. The van der Waals surface area contributed by atoms with E-state index in [1.54, 1.807) is 0 Å². The summed E-state index contributed by atoms with van der Waals surface area (Å²) >= 11 is 5.71. The van der Waals surface area contributed by atoms with E-state index in [4.69, 9.17) is 17.3 Å². The Balaban J connectivity index is 2.43. The number of sulfonamides is 1. The van der Waals surface area contributed by atoms with E-state index in [9.17, 15) is 12.8 Å². The zero-order valence-electron chi connectivity index (χ0n) is 9.34. The highest BCUT2D eigenvalue weighted by Crippen LogP contribution is 2.27. The number of anilines is 2. The maximum absolute atomic E-state index is 13.1. The maximum Gasteiger partial charge on any atom is 0.263 e. The Morgan fingerprint density at radius 3 is 2.53 bits per heavy atom. The predicted molar refractivity (Wildman–Crippen MR) is 68.7 cm³/mol. The van der Waals surface area contributed by atoms with Gasteiger partial charge >= 0.3 is 0 Å². The number of halogens is 2. The van der Waals surface area contributed by atoms with Crippen LogP contribution in [0.5, 0.6) is 0 Å². The van der Waals surface area contributed by atoms with Gasteiger partial charge in [0.2, 0.25) is 0 Å². The third kappa shape index (κ3) is 2.91. The summed E-state index contributed by atoms with van der Waals surface area (Å²) in [6, 6.07) is 1.79. The average Bonchev–Trinajstić information content (AvgIpc) is 2.34. The quantitative estimate of drug-likeness (QED) is 0.840. The molecule has 1 heterocycles. The molecule has 0 atom stereocenters. The molecule has 19 heavy (non-hydrogen) atoms. The first kappa shape index (κ1) is 13.5. The fourth-order valence-electron chi connectivity index (χ4n) is 1.31. The largest absolute Gasteiger partial charge is 0.396 e. The van der Waals surface area contributed by atoms with Crippen molar-refractivity contribution in [2.75, 3.05) is 10.5 Å². The molecule has 0 aliphatic heterocycles. The molecule has 1 aromatic heterocycles. The zero-order chi connectivity index (χ0) is 14.0. The number of nitrogens with two attached hydrogens (primary N) is 1. The molecular formula is C10H8ClFN4O2S. The first-order valence-corrected chi connectivity index (χ1v) is 6.78. The first-order chi connectivity index (χ1) is 8.90. The monoisotopic (exact) mass is 302 g/mol. The molecule has 3 N–H and O–H groups in total. The van der Waals surface area contributed by atoms with Gasteiger partial charge in [-0.15, -0.1) is 0 Å². The molecule has 2 rings (SSSR count). The highest BCUT2D eigenvalue weighted by molar-refractivity contribution is 7.92. The molecule has 0 bridgehead atoms. The van der Waals surface area contributed by atoms with E-state index in [1.165, 1.54) is 18.7 Å². The van der Waals surface area contributed by atoms with Crippen molar-refractivity contribution in [3.8, 4) is 0 Å². The molecular weight excluding hydrogens is 295 g/mol. The van der Waals surface area contributed by atoms with Gasteiger partial charge < -0.3 is 5.73 Å². The third-order valence-corrected chi connectivity index (χ3v) is 4.00. The third-order valence-electron chi connectivity index (χ3n) is 2.15. The summed E-state index contributed by atoms with van der Waals surface area (Å²) in [6.07, 6.45) is 3.79. The van der Waals surface area contributed by atoms with Gasteiger partial charge in [-0.1, -0.05) is 11.6 Å². The number of hydrogen-bond acceptors (Lipinski definition) is 5. The average molecular weight is 303 g/mol. The van der Waals surface area contributed by atoms with Crippen LogP contribution in [0.3, 0.4) is 0 Å². The lowest BCUT2D eigenvalue weighted by atomic mass is 10.3. The van der Waals surface area contributed by atoms with Crippen LogP contribution in [-0.4, -0.2) is 18.4 Å². The smallest absolute Gasteiger partial charge is 0.263 e. The predicted octanol–water partition coefficient (Wildman–Crippen LogP) is 1.65. The minimum Gasteiger partial charge on any atom is -0.396 e. The van der Waals surface area contributed by atoms with E-state index in [-0.39, 0.29) is 21.3 Å². The number of nitrogens with one attached hydrogen (secondary N) is 1. The van der Waals surface area contributed by atoms with Crippen LogP contribution in [0.1, 0.15) is 0 Å². The van der Waals surface area contributed by atoms with Crippen molar-refractivity contribution < 1.29 is 12.8 Å². The number of nitrogens with zero attached hydrogens (tertiary/aromatic N) is 2. The number of aromatic nitrogens is 2. The lowest BCUT2D eigenvalue weighted by molar-refractivity contribution is 0.600. The summed E-state index contributed by atoms with van der Waals surface area (Å²) in [4.78, 5) is 7.00. The van der Waals surface area contributed by atoms with Gasteiger partial charge in [0.1, 0.15) is 17.0 Å². The second kappa shape index (κ2) is 4.98. The molecule has 0 aliphatic carbocycles. The van der Waals surface area contributed by atoms with Crippen LogP contribution in [0.4, 0.5) is 15.8 Å². The van der Waals surface area contributed by atoms with Gasteiger partial charge in [0.15, 0.2) is 0 Å². The van der Waals surface area contributed by atoms with Crippen LogP contribution >= 0.6 is 11.6 Å². The topological polar surface area (TPSA) is 98.0 Å². The molecule has 0 spiro atoms. The Morgan fingerprint density at radius 2 is 1.89 bits per heavy atom. The summed E-state index contributed by atoms with van der Waals surface area (Å²) in [7, 11) is -3.99. The van der Waals surface area contributed by atoms with Crippen molar-refractivity contribution in [3.05, 3.63) is 41.7 Å². The second-order valence-electron chi connectivity index (χ2n) is 3.54. The molecule has 0 aliphatic rings. The highest BCUT2D eigenvalue weighted by Gasteiger charge is 2.20. The molecule has 2 aromatic rings. The van der Waals surface area contributed by atoms with Crippen LogP contribution < -0.4 is 10.5 Å². The Morgan fingerprint density at radius 1 is 1.26 bits per heavy atom. The second-order valence-corrected chi connectivity index (χ2v) is 5.59. The summed E-state index contributed by atoms with van der Waals surface area (Å²) < 4.78 is 39.5. The molecule has 9 heteroatoms. The van der Waals surface area contributed by atoms with Gasteiger partial charge in [0.25, 0.3) is 10.0 Å². The van der Waals surface area contributed by atoms with Crippen molar-refractivity contribution in [1.82, 2.24) is 9.97 Å². The Bertz CT molecular complexity index is 709. The fraction of sp³-hybridized carbons (Fsp3) is 0. The SMILES string of the molecule is Nc1cc(S(=O)(=O)Nc2cncnc2)c(Cl)cc1F. The zero-order valence-corrected chi connectivity index (χ0v) is 10.9. The van der Waals surface area contributed by atoms with Crippen LogP contribution in [-0.2, 0) is 10.0 Å². The van der Waals surface area contributed by atoms with E-state index in [1.807, 2.05) is 0 Å². The van der Waals surface area contributed by atoms with Crippen molar-refractivity contribution in [2.24, 2.45) is 0 Å². The van der Waals surface area contributed by atoms with Gasteiger partial charge in [-0.2, -0.15) is 0 Å². The maximum atomic E-state index is 13.1. The van der Waals surface area contributed by atoms with E-state index in [2.05, 4.69) is 14.7 Å². The van der Waals surface area contributed by atoms with Crippen LogP contribution in [0.15, 0.2) is 35.7 Å². The van der Waals surface area contributed by atoms with Gasteiger partial charge in [0, 0.05) is 0 Å². The number of rotatable bonds is 3. The molecule has 0 radical (unpaired) electrons. The van der Waals surface area contributed by atoms with Crippen LogP contribution in [0.2, 0.25) is 5.02 Å². The Hall–Kier alpha value is -1.93. The molecule has 0 saturated heterocycles. The van der Waals surface area contributed by atoms with Gasteiger partial charge in [-0.25, -0.2) is 22.8 Å². The molecule has 100 valence electrons. The molecule has 0 fully saturated rings. The molecule has 1 aromatic carbocycles. The number of hydrogen-bond donors (Lipinski definition) is 2. The summed E-state index contributed by atoms with van der Waals surface area (Å²) in [5.74, 6) is -0.785. The van der Waals surface area contributed by atoms with Crippen LogP contribution in [0, 0.1) is 5.82 Å². The molecule has 0 unspecified atom stereocenters. The number of nitrogen functional groups attached to an aromatic ring is 1. The molecule has 0 saturated carbocycles. The lowest BCUT2D eigenvalue weighted by Crippen LogP contribution is -2.14. The van der Waals surface area contributed by atoms with Gasteiger partial charge in [-0.3, -0.25) is 4.72 Å². The summed E-state index contributed by atoms with van der Waals surface area (Å²) in [5.41, 5.74) is 5.17. The van der Waals surface area contributed by atoms with E-state index >= 15 is 0 Å². The summed E-state index contributed by atoms with van der Waals surface area (Å²) in [6.45, 7) is 0. The first-order valence-electron chi connectivity index (χ1n) is 4.92.